The van der Waals surface area contributed by atoms with Crippen LogP contribution in [0.4, 0.5) is 4.79 Å². The molecule has 16 heavy (non-hydrogen) atoms. The molecule has 0 fully saturated rings. The van der Waals surface area contributed by atoms with Crippen LogP contribution in [0.25, 0.3) is 0 Å². The summed E-state index contributed by atoms with van der Waals surface area (Å²) in [7, 11) is 1.09. The Morgan fingerprint density at radius 2 is 1.81 bits per heavy atom. The highest BCUT2D eigenvalue weighted by atomic mass is 17.5. The standard InChI is InChI=1S/C10H10O6/c1-7-5-3-4-6-8(7)9(11)14-16-15-10(12)13-2/h3-6H,1-2H3. The second kappa shape index (κ2) is 5.72. The summed E-state index contributed by atoms with van der Waals surface area (Å²) in [6.07, 6.45) is -1.11. The molecule has 0 amide bonds. The summed E-state index contributed by atoms with van der Waals surface area (Å²) in [6.45, 7) is 1.73. The SMILES string of the molecule is COC(=O)OOOC(=O)c1ccccc1C. The van der Waals surface area contributed by atoms with Crippen LogP contribution in [0.2, 0.25) is 0 Å². The van der Waals surface area contributed by atoms with Crippen LogP contribution < -0.4 is 0 Å². The van der Waals surface area contributed by atoms with Gasteiger partial charge in [-0.25, -0.2) is 14.5 Å². The number of benzene rings is 1. The third-order valence-electron chi connectivity index (χ3n) is 1.74. The van der Waals surface area contributed by atoms with Crippen molar-refractivity contribution in [3.05, 3.63) is 35.4 Å². The van der Waals surface area contributed by atoms with Crippen LogP contribution in [0.3, 0.4) is 0 Å². The third kappa shape index (κ3) is 3.25. The molecule has 0 radical (unpaired) electrons. The topological polar surface area (TPSA) is 71.1 Å². The molecule has 0 aliphatic heterocycles. The Morgan fingerprint density at radius 1 is 1.12 bits per heavy atom. The van der Waals surface area contributed by atoms with E-state index in [-0.39, 0.29) is 0 Å². The van der Waals surface area contributed by atoms with Gasteiger partial charge < -0.3 is 4.74 Å². The van der Waals surface area contributed by atoms with Crippen molar-refractivity contribution in [2.75, 3.05) is 7.11 Å². The third-order valence-corrected chi connectivity index (χ3v) is 1.74. The van der Waals surface area contributed by atoms with Crippen molar-refractivity contribution in [1.29, 1.82) is 0 Å². The van der Waals surface area contributed by atoms with Crippen LogP contribution in [0.1, 0.15) is 15.9 Å². The molecule has 1 aromatic rings. The zero-order valence-electron chi connectivity index (χ0n) is 8.76. The Hall–Kier alpha value is -2.08. The fraction of sp³-hybridized carbons (Fsp3) is 0.200. The van der Waals surface area contributed by atoms with Crippen molar-refractivity contribution in [2.45, 2.75) is 6.92 Å². The smallest absolute Gasteiger partial charge is 0.436 e. The predicted molar refractivity (Wildman–Crippen MR) is 51.2 cm³/mol. The Kier molecular flexibility index (Phi) is 4.28. The molecule has 0 aliphatic carbocycles. The van der Waals surface area contributed by atoms with Gasteiger partial charge in [-0.2, -0.15) is 0 Å². The van der Waals surface area contributed by atoms with Gasteiger partial charge >= 0.3 is 12.1 Å². The highest BCUT2D eigenvalue weighted by Gasteiger charge is 2.12. The van der Waals surface area contributed by atoms with E-state index in [0.717, 1.165) is 7.11 Å². The maximum Gasteiger partial charge on any atom is 0.543 e. The zero-order valence-corrected chi connectivity index (χ0v) is 8.76. The van der Waals surface area contributed by atoms with Gasteiger partial charge in [0.15, 0.2) is 0 Å². The molecule has 0 saturated carbocycles. The van der Waals surface area contributed by atoms with Gasteiger partial charge in [-0.05, 0) is 18.6 Å². The fourth-order valence-corrected chi connectivity index (χ4v) is 0.957. The Labute approximate surface area is 91.5 Å². The number of methoxy groups -OCH3 is 1. The molecule has 0 heterocycles. The van der Waals surface area contributed by atoms with Gasteiger partial charge in [0.05, 0.1) is 17.7 Å². The van der Waals surface area contributed by atoms with Gasteiger partial charge in [0, 0.05) is 0 Å². The summed E-state index contributed by atoms with van der Waals surface area (Å²) in [5, 5.41) is 3.93. The summed E-state index contributed by atoms with van der Waals surface area (Å²) in [6, 6.07) is 6.74. The van der Waals surface area contributed by atoms with Gasteiger partial charge in [0.1, 0.15) is 0 Å². The Bertz CT molecular complexity index is 387. The van der Waals surface area contributed by atoms with Crippen LogP contribution in [0, 0.1) is 6.92 Å². The van der Waals surface area contributed by atoms with Crippen molar-refractivity contribution in [3.63, 3.8) is 0 Å². The number of hydrogen-bond donors (Lipinski definition) is 0. The molecule has 0 unspecified atom stereocenters. The molecule has 0 atom stereocenters. The normalized spacial score (nSPS) is 9.38. The van der Waals surface area contributed by atoms with Gasteiger partial charge in [-0.3, -0.25) is 4.89 Å². The number of ether oxygens (including phenoxy) is 1. The number of aryl methyl sites for hydroxylation is 1. The first-order chi connectivity index (χ1) is 7.65. The minimum absolute atomic E-state index is 0.316. The molecular weight excluding hydrogens is 216 g/mol. The van der Waals surface area contributed by atoms with E-state index in [1.807, 2.05) is 0 Å². The first-order valence-electron chi connectivity index (χ1n) is 4.34. The predicted octanol–water partition coefficient (Wildman–Crippen LogP) is 1.78. The van der Waals surface area contributed by atoms with E-state index in [9.17, 15) is 9.59 Å². The van der Waals surface area contributed by atoms with Gasteiger partial charge in [0.2, 0.25) is 0 Å². The molecule has 1 aromatic carbocycles. The number of carbonyl (C=O) groups excluding carboxylic acids is 2. The number of rotatable bonds is 3. The average molecular weight is 226 g/mol. The van der Waals surface area contributed by atoms with Gasteiger partial charge in [-0.15, -0.1) is 0 Å². The molecule has 6 nitrogen and oxygen atoms in total. The Balaban J connectivity index is 2.47. The maximum absolute atomic E-state index is 11.4. The molecule has 0 N–H and O–H groups in total. The van der Waals surface area contributed by atoms with Crippen LogP contribution in [0.5, 0.6) is 0 Å². The zero-order chi connectivity index (χ0) is 12.0. The summed E-state index contributed by atoms with van der Waals surface area (Å²) in [5.74, 6) is -0.762. The van der Waals surface area contributed by atoms with Crippen molar-refractivity contribution in [3.8, 4) is 0 Å². The lowest BCUT2D eigenvalue weighted by atomic mass is 10.1. The molecule has 0 saturated heterocycles. The van der Waals surface area contributed by atoms with E-state index in [2.05, 4.69) is 19.6 Å². The largest absolute Gasteiger partial charge is 0.543 e. The van der Waals surface area contributed by atoms with Crippen LogP contribution >= 0.6 is 0 Å². The Morgan fingerprint density at radius 3 is 2.44 bits per heavy atom. The van der Waals surface area contributed by atoms with Crippen LogP contribution in [-0.4, -0.2) is 19.2 Å². The van der Waals surface area contributed by atoms with Crippen molar-refractivity contribution in [1.82, 2.24) is 0 Å². The fourth-order valence-electron chi connectivity index (χ4n) is 0.957. The highest BCUT2D eigenvalue weighted by Crippen LogP contribution is 2.08. The second-order valence-corrected chi connectivity index (χ2v) is 2.79. The minimum Gasteiger partial charge on any atom is -0.436 e. The van der Waals surface area contributed by atoms with Gasteiger partial charge in [0.25, 0.3) is 0 Å². The summed E-state index contributed by atoms with van der Waals surface area (Å²) >= 11 is 0. The molecular formula is C10H10O6. The quantitative estimate of drug-likeness (QED) is 0.444. The lowest BCUT2D eigenvalue weighted by Crippen LogP contribution is -2.11. The van der Waals surface area contributed by atoms with Crippen LogP contribution in [-0.2, 0) is 19.6 Å². The van der Waals surface area contributed by atoms with E-state index >= 15 is 0 Å². The van der Waals surface area contributed by atoms with Crippen molar-refractivity contribution < 1.29 is 29.1 Å². The van der Waals surface area contributed by atoms with E-state index in [0.29, 0.717) is 11.1 Å². The number of hydrogen-bond acceptors (Lipinski definition) is 6. The average Bonchev–Trinajstić information content (AvgIpc) is 2.29. The van der Waals surface area contributed by atoms with Gasteiger partial charge in [-0.1, -0.05) is 18.2 Å². The van der Waals surface area contributed by atoms with Crippen molar-refractivity contribution in [2.24, 2.45) is 0 Å². The highest BCUT2D eigenvalue weighted by molar-refractivity contribution is 5.90. The van der Waals surface area contributed by atoms with E-state index in [4.69, 9.17) is 0 Å². The van der Waals surface area contributed by atoms with Crippen LogP contribution in [0.15, 0.2) is 24.3 Å². The van der Waals surface area contributed by atoms with E-state index in [1.165, 1.54) is 0 Å². The minimum atomic E-state index is -1.11. The molecule has 6 heteroatoms. The lowest BCUT2D eigenvalue weighted by molar-refractivity contribution is -0.451. The molecule has 0 aliphatic rings. The van der Waals surface area contributed by atoms with E-state index in [1.54, 1.807) is 31.2 Å². The summed E-state index contributed by atoms with van der Waals surface area (Å²) < 4.78 is 4.08. The molecule has 86 valence electrons. The maximum atomic E-state index is 11.4. The first kappa shape index (κ1) is 12.0. The van der Waals surface area contributed by atoms with Crippen molar-refractivity contribution >= 4 is 12.1 Å². The first-order valence-corrected chi connectivity index (χ1v) is 4.34. The molecule has 0 bridgehead atoms. The lowest BCUT2D eigenvalue weighted by Gasteiger charge is -2.03. The molecule has 0 spiro atoms. The monoisotopic (exact) mass is 226 g/mol. The summed E-state index contributed by atoms with van der Waals surface area (Å²) in [4.78, 5) is 29.9. The summed E-state index contributed by atoms with van der Waals surface area (Å²) in [5.41, 5.74) is 1.03. The second-order valence-electron chi connectivity index (χ2n) is 2.79. The molecule has 0 aromatic heterocycles. The number of carbonyl (C=O) groups is 2. The van der Waals surface area contributed by atoms with E-state index < -0.39 is 12.1 Å². The molecule has 1 rings (SSSR count).